The topological polar surface area (TPSA) is 55.1 Å². The minimum Gasteiger partial charge on any atom is -0.399 e. The third-order valence-corrected chi connectivity index (χ3v) is 3.42. The van der Waals surface area contributed by atoms with Crippen LogP contribution in [-0.2, 0) is 0 Å². The van der Waals surface area contributed by atoms with Gasteiger partial charge in [-0.25, -0.2) is 0 Å². The number of amides is 1. The van der Waals surface area contributed by atoms with Gasteiger partial charge in [0.15, 0.2) is 0 Å². The summed E-state index contributed by atoms with van der Waals surface area (Å²) in [6, 6.07) is 11.0. The molecule has 3 N–H and O–H groups in total. The van der Waals surface area contributed by atoms with E-state index >= 15 is 0 Å². The summed E-state index contributed by atoms with van der Waals surface area (Å²) in [7, 11) is 0. The highest BCUT2D eigenvalue weighted by Crippen LogP contribution is 2.20. The normalized spacial score (nSPS) is 10.3. The second-order valence-corrected chi connectivity index (χ2v) is 5.40. The number of hydrogen-bond acceptors (Lipinski definition) is 2. The Morgan fingerprint density at radius 2 is 1.84 bits per heavy atom. The largest absolute Gasteiger partial charge is 0.399 e. The second-order valence-electron chi connectivity index (χ2n) is 4.49. The van der Waals surface area contributed by atoms with Crippen molar-refractivity contribution in [3.8, 4) is 0 Å². The van der Waals surface area contributed by atoms with Crippen LogP contribution in [0.15, 0.2) is 40.9 Å². The van der Waals surface area contributed by atoms with E-state index in [1.807, 2.05) is 38.1 Å². The Labute approximate surface area is 121 Å². The molecule has 2 rings (SSSR count). The first kappa shape index (κ1) is 13.6. The lowest BCUT2D eigenvalue weighted by molar-refractivity contribution is 0.102. The molecule has 98 valence electrons. The highest BCUT2D eigenvalue weighted by Gasteiger charge is 2.10. The van der Waals surface area contributed by atoms with E-state index in [-0.39, 0.29) is 5.91 Å². The van der Waals surface area contributed by atoms with Gasteiger partial charge in [-0.3, -0.25) is 4.79 Å². The van der Waals surface area contributed by atoms with Crippen LogP contribution in [0.3, 0.4) is 0 Å². The Balaban J connectivity index is 2.25. The smallest absolute Gasteiger partial charge is 0.255 e. The minimum absolute atomic E-state index is 0.113. The lowest BCUT2D eigenvalue weighted by atomic mass is 10.1. The molecule has 0 saturated heterocycles. The number of halogens is 1. The van der Waals surface area contributed by atoms with Gasteiger partial charge in [0.1, 0.15) is 0 Å². The molecule has 1 amide bonds. The summed E-state index contributed by atoms with van der Waals surface area (Å²) in [6.07, 6.45) is 0. The molecule has 0 aliphatic heterocycles. The van der Waals surface area contributed by atoms with Gasteiger partial charge in [0.05, 0.1) is 0 Å². The molecule has 0 atom stereocenters. The van der Waals surface area contributed by atoms with E-state index in [9.17, 15) is 4.79 Å². The van der Waals surface area contributed by atoms with Crippen LogP contribution in [0.2, 0.25) is 0 Å². The number of aryl methyl sites for hydroxylation is 2. The van der Waals surface area contributed by atoms with Gasteiger partial charge in [0, 0.05) is 21.4 Å². The van der Waals surface area contributed by atoms with Crippen molar-refractivity contribution in [1.82, 2.24) is 0 Å². The maximum Gasteiger partial charge on any atom is 0.255 e. The third-order valence-electron chi connectivity index (χ3n) is 2.93. The molecule has 0 spiro atoms. The van der Waals surface area contributed by atoms with Crippen LogP contribution in [0.4, 0.5) is 11.4 Å². The molecule has 0 bridgehead atoms. The number of nitrogens with two attached hydrogens (primary N) is 1. The first-order valence-electron chi connectivity index (χ1n) is 5.91. The molecule has 3 nitrogen and oxygen atoms in total. The summed E-state index contributed by atoms with van der Waals surface area (Å²) in [4.78, 5) is 12.2. The number of benzene rings is 2. The van der Waals surface area contributed by atoms with Gasteiger partial charge in [0.25, 0.3) is 5.91 Å². The molecule has 0 fully saturated rings. The van der Waals surface area contributed by atoms with Gasteiger partial charge < -0.3 is 11.1 Å². The van der Waals surface area contributed by atoms with Crippen LogP contribution in [0.5, 0.6) is 0 Å². The standard InChI is InChI=1S/C15H15BrN2O/c1-9-7-11(16)3-5-13(9)15(19)18-14-6-4-12(17)8-10(14)2/h3-8H,17H2,1-2H3,(H,18,19). The van der Waals surface area contributed by atoms with Crippen LogP contribution in [0, 0.1) is 13.8 Å². The minimum atomic E-state index is -0.113. The van der Waals surface area contributed by atoms with Crippen molar-refractivity contribution in [1.29, 1.82) is 0 Å². The third kappa shape index (κ3) is 3.15. The zero-order chi connectivity index (χ0) is 14.0. The molecule has 0 radical (unpaired) electrons. The molecule has 0 heterocycles. The highest BCUT2D eigenvalue weighted by molar-refractivity contribution is 9.10. The fraction of sp³-hybridized carbons (Fsp3) is 0.133. The lowest BCUT2D eigenvalue weighted by Gasteiger charge is -2.10. The predicted molar refractivity (Wildman–Crippen MR) is 82.4 cm³/mol. The number of anilines is 2. The average molecular weight is 319 g/mol. The van der Waals surface area contributed by atoms with Gasteiger partial charge in [-0.05, 0) is 61.4 Å². The number of hydrogen-bond donors (Lipinski definition) is 2. The van der Waals surface area contributed by atoms with Crippen LogP contribution >= 0.6 is 15.9 Å². The number of carbonyl (C=O) groups excluding carboxylic acids is 1. The zero-order valence-corrected chi connectivity index (χ0v) is 12.4. The van der Waals surface area contributed by atoms with E-state index in [4.69, 9.17) is 5.73 Å². The Hall–Kier alpha value is -1.81. The molecule has 19 heavy (non-hydrogen) atoms. The summed E-state index contributed by atoms with van der Waals surface area (Å²) in [5.74, 6) is -0.113. The lowest BCUT2D eigenvalue weighted by Crippen LogP contribution is -2.14. The van der Waals surface area contributed by atoms with E-state index in [0.717, 1.165) is 21.3 Å². The molecule has 0 aliphatic rings. The number of nitrogen functional groups attached to an aromatic ring is 1. The Morgan fingerprint density at radius 1 is 1.11 bits per heavy atom. The Bertz CT molecular complexity index is 638. The van der Waals surface area contributed by atoms with Crippen molar-refractivity contribution in [3.05, 3.63) is 57.6 Å². The van der Waals surface area contributed by atoms with Crippen molar-refractivity contribution in [2.45, 2.75) is 13.8 Å². The van der Waals surface area contributed by atoms with Crippen LogP contribution in [0.25, 0.3) is 0 Å². The number of carbonyl (C=O) groups is 1. The van der Waals surface area contributed by atoms with Crippen molar-refractivity contribution < 1.29 is 4.79 Å². The van der Waals surface area contributed by atoms with Crippen LogP contribution in [0.1, 0.15) is 21.5 Å². The van der Waals surface area contributed by atoms with E-state index in [0.29, 0.717) is 11.3 Å². The molecule has 0 unspecified atom stereocenters. The summed E-state index contributed by atoms with van der Waals surface area (Å²) in [5, 5.41) is 2.90. The first-order chi connectivity index (χ1) is 8.97. The quantitative estimate of drug-likeness (QED) is 0.825. The summed E-state index contributed by atoms with van der Waals surface area (Å²) >= 11 is 3.39. The maximum absolute atomic E-state index is 12.2. The summed E-state index contributed by atoms with van der Waals surface area (Å²) < 4.78 is 0.963. The average Bonchev–Trinajstić information content (AvgIpc) is 2.32. The Kier molecular flexibility index (Phi) is 3.90. The molecular formula is C15H15BrN2O. The van der Waals surface area contributed by atoms with Gasteiger partial charge in [-0.2, -0.15) is 0 Å². The van der Waals surface area contributed by atoms with E-state index in [2.05, 4.69) is 21.2 Å². The molecule has 2 aromatic carbocycles. The maximum atomic E-state index is 12.2. The monoisotopic (exact) mass is 318 g/mol. The van der Waals surface area contributed by atoms with Crippen molar-refractivity contribution in [3.63, 3.8) is 0 Å². The van der Waals surface area contributed by atoms with Crippen molar-refractivity contribution in [2.24, 2.45) is 0 Å². The van der Waals surface area contributed by atoms with Gasteiger partial charge >= 0.3 is 0 Å². The summed E-state index contributed by atoms with van der Waals surface area (Å²) in [6.45, 7) is 3.83. The Morgan fingerprint density at radius 3 is 2.47 bits per heavy atom. The first-order valence-corrected chi connectivity index (χ1v) is 6.70. The van der Waals surface area contributed by atoms with E-state index in [1.165, 1.54) is 0 Å². The molecular weight excluding hydrogens is 304 g/mol. The van der Waals surface area contributed by atoms with Gasteiger partial charge in [-0.1, -0.05) is 15.9 Å². The van der Waals surface area contributed by atoms with Gasteiger partial charge in [-0.15, -0.1) is 0 Å². The highest BCUT2D eigenvalue weighted by atomic mass is 79.9. The fourth-order valence-corrected chi connectivity index (χ4v) is 2.37. The fourth-order valence-electron chi connectivity index (χ4n) is 1.90. The predicted octanol–water partition coefficient (Wildman–Crippen LogP) is 3.90. The second kappa shape index (κ2) is 5.45. The SMILES string of the molecule is Cc1cc(N)ccc1NC(=O)c1ccc(Br)cc1C. The molecule has 4 heteroatoms. The van der Waals surface area contributed by atoms with Crippen LogP contribution in [-0.4, -0.2) is 5.91 Å². The van der Waals surface area contributed by atoms with E-state index < -0.39 is 0 Å². The number of rotatable bonds is 2. The van der Waals surface area contributed by atoms with Gasteiger partial charge in [0.2, 0.25) is 0 Å². The molecule has 2 aromatic rings. The molecule has 0 aromatic heterocycles. The summed E-state index contributed by atoms with van der Waals surface area (Å²) in [5.41, 5.74) is 9.71. The zero-order valence-electron chi connectivity index (χ0n) is 10.8. The number of nitrogens with one attached hydrogen (secondary N) is 1. The van der Waals surface area contributed by atoms with Crippen molar-refractivity contribution in [2.75, 3.05) is 11.1 Å². The van der Waals surface area contributed by atoms with E-state index in [1.54, 1.807) is 12.1 Å². The van der Waals surface area contributed by atoms with Crippen molar-refractivity contribution >= 4 is 33.2 Å². The molecule has 0 saturated carbocycles. The molecule has 0 aliphatic carbocycles. The van der Waals surface area contributed by atoms with Crippen LogP contribution < -0.4 is 11.1 Å².